The molecule has 2 rings (SSSR count). The molecule has 0 aromatic carbocycles. The highest BCUT2D eigenvalue weighted by molar-refractivity contribution is 4.88. The number of nitrogens with zero attached hydrogens (tertiary/aromatic N) is 2. The quantitative estimate of drug-likeness (QED) is 0.666. The van der Waals surface area contributed by atoms with Gasteiger partial charge in [-0.05, 0) is 53.1 Å². The highest BCUT2D eigenvalue weighted by Crippen LogP contribution is 2.26. The second-order valence-corrected chi connectivity index (χ2v) is 5.24. The molecule has 2 fully saturated rings. The molecular weight excluding hydrogens is 172 g/mol. The van der Waals surface area contributed by atoms with Crippen molar-refractivity contribution in [2.45, 2.75) is 58.2 Å². The molecule has 2 aliphatic rings. The van der Waals surface area contributed by atoms with Crippen molar-refractivity contribution < 1.29 is 0 Å². The number of rotatable bonds is 2. The zero-order chi connectivity index (χ0) is 10.1. The molecule has 82 valence electrons. The Morgan fingerprint density at radius 3 is 2.00 bits per heavy atom. The van der Waals surface area contributed by atoms with E-state index in [1.807, 2.05) is 0 Å². The van der Waals surface area contributed by atoms with Crippen molar-refractivity contribution in [1.29, 1.82) is 0 Å². The number of hydrogen-bond donors (Lipinski definition) is 0. The van der Waals surface area contributed by atoms with Crippen LogP contribution < -0.4 is 0 Å². The van der Waals surface area contributed by atoms with Crippen molar-refractivity contribution in [3.63, 3.8) is 0 Å². The molecule has 0 aliphatic carbocycles. The Morgan fingerprint density at radius 2 is 1.64 bits per heavy atom. The maximum atomic E-state index is 2.71. The molecule has 2 heterocycles. The lowest BCUT2D eigenvalue weighted by Crippen LogP contribution is -2.55. The Morgan fingerprint density at radius 1 is 1.00 bits per heavy atom. The van der Waals surface area contributed by atoms with E-state index in [0.29, 0.717) is 0 Å². The molecule has 2 aliphatic heterocycles. The summed E-state index contributed by atoms with van der Waals surface area (Å²) in [6.07, 6.45) is 4.20. The monoisotopic (exact) mass is 196 g/mol. The maximum Gasteiger partial charge on any atom is 0.0122 e. The van der Waals surface area contributed by atoms with Gasteiger partial charge in [0.1, 0.15) is 0 Å². The second kappa shape index (κ2) is 4.19. The van der Waals surface area contributed by atoms with Crippen molar-refractivity contribution >= 4 is 0 Å². The van der Waals surface area contributed by atoms with Crippen LogP contribution in [0.4, 0.5) is 0 Å². The van der Waals surface area contributed by atoms with E-state index in [1.54, 1.807) is 0 Å². The first-order chi connectivity index (χ1) is 6.68. The summed E-state index contributed by atoms with van der Waals surface area (Å²) in [5.74, 6) is 0. The lowest BCUT2D eigenvalue weighted by molar-refractivity contribution is 0.0126. The van der Waals surface area contributed by atoms with Crippen LogP contribution in [0.2, 0.25) is 0 Å². The van der Waals surface area contributed by atoms with E-state index in [4.69, 9.17) is 0 Å². The van der Waals surface area contributed by atoms with Crippen LogP contribution >= 0.6 is 0 Å². The first-order valence-electron chi connectivity index (χ1n) is 6.18. The fourth-order valence-electron chi connectivity index (χ4n) is 2.81. The molecule has 1 unspecified atom stereocenters. The summed E-state index contributed by atoms with van der Waals surface area (Å²) in [6.45, 7) is 11.0. The van der Waals surface area contributed by atoms with E-state index in [1.165, 1.54) is 38.9 Å². The van der Waals surface area contributed by atoms with Crippen LogP contribution in [0.25, 0.3) is 0 Å². The third-order valence-electron chi connectivity index (χ3n) is 4.07. The van der Waals surface area contributed by atoms with Gasteiger partial charge in [0.25, 0.3) is 0 Å². The first-order valence-corrected chi connectivity index (χ1v) is 6.18. The summed E-state index contributed by atoms with van der Waals surface area (Å²) in [6, 6.07) is 2.50. The van der Waals surface area contributed by atoms with Crippen molar-refractivity contribution in [1.82, 2.24) is 9.80 Å². The van der Waals surface area contributed by atoms with Crippen molar-refractivity contribution in [3.8, 4) is 0 Å². The standard InChI is InChI=1S/C12H24N2/c1-10(2)13-7-5-12(6-8-13)14-9-4-11(14)3/h10-12H,4-9H2,1-3H3. The van der Waals surface area contributed by atoms with Gasteiger partial charge in [0.2, 0.25) is 0 Å². The maximum absolute atomic E-state index is 2.71. The van der Waals surface area contributed by atoms with E-state index < -0.39 is 0 Å². The van der Waals surface area contributed by atoms with Crippen molar-refractivity contribution in [3.05, 3.63) is 0 Å². The molecule has 2 heteroatoms. The van der Waals surface area contributed by atoms with Crippen molar-refractivity contribution in [2.24, 2.45) is 0 Å². The molecule has 0 aromatic heterocycles. The second-order valence-electron chi connectivity index (χ2n) is 5.24. The SMILES string of the molecule is CC(C)N1CCC(N2CCC2C)CC1. The van der Waals surface area contributed by atoms with Gasteiger partial charge in [0.05, 0.1) is 0 Å². The van der Waals surface area contributed by atoms with Gasteiger partial charge in [0.15, 0.2) is 0 Å². The molecule has 2 saturated heterocycles. The average Bonchev–Trinajstić information content (AvgIpc) is 2.16. The lowest BCUT2D eigenvalue weighted by Gasteiger charge is -2.48. The summed E-state index contributed by atoms with van der Waals surface area (Å²) in [5.41, 5.74) is 0. The highest BCUT2D eigenvalue weighted by atomic mass is 15.3. The summed E-state index contributed by atoms with van der Waals surface area (Å²) in [7, 11) is 0. The van der Waals surface area contributed by atoms with Crippen molar-refractivity contribution in [2.75, 3.05) is 19.6 Å². The molecule has 2 nitrogen and oxygen atoms in total. The molecule has 0 N–H and O–H groups in total. The van der Waals surface area contributed by atoms with Gasteiger partial charge in [-0.1, -0.05) is 0 Å². The Labute approximate surface area is 88.3 Å². The fraction of sp³-hybridized carbons (Fsp3) is 1.00. The molecule has 14 heavy (non-hydrogen) atoms. The first kappa shape index (κ1) is 10.4. The van der Waals surface area contributed by atoms with Gasteiger partial charge in [-0.3, -0.25) is 4.90 Å². The van der Waals surface area contributed by atoms with Crippen LogP contribution in [0, 0.1) is 0 Å². The van der Waals surface area contributed by atoms with Crippen LogP contribution in [0.15, 0.2) is 0 Å². The topological polar surface area (TPSA) is 6.48 Å². The predicted molar refractivity (Wildman–Crippen MR) is 60.5 cm³/mol. The molecular formula is C12H24N2. The third kappa shape index (κ3) is 1.96. The van der Waals surface area contributed by atoms with Gasteiger partial charge in [0, 0.05) is 24.7 Å². The number of hydrogen-bond acceptors (Lipinski definition) is 2. The number of piperidine rings is 1. The van der Waals surface area contributed by atoms with Gasteiger partial charge in [-0.15, -0.1) is 0 Å². The average molecular weight is 196 g/mol. The summed E-state index contributed by atoms with van der Waals surface area (Å²) < 4.78 is 0. The zero-order valence-electron chi connectivity index (χ0n) is 9.87. The van der Waals surface area contributed by atoms with Gasteiger partial charge >= 0.3 is 0 Å². The molecule has 0 aromatic rings. The number of likely N-dealkylation sites (tertiary alicyclic amines) is 2. The lowest BCUT2D eigenvalue weighted by atomic mass is 9.94. The normalized spacial score (nSPS) is 32.1. The van der Waals surface area contributed by atoms with E-state index >= 15 is 0 Å². The van der Waals surface area contributed by atoms with Crippen LogP contribution in [-0.4, -0.2) is 47.6 Å². The summed E-state index contributed by atoms with van der Waals surface area (Å²) in [4.78, 5) is 5.32. The highest BCUT2D eigenvalue weighted by Gasteiger charge is 2.32. The Balaban J connectivity index is 1.78. The Bertz CT molecular complexity index is 183. The molecule has 0 amide bonds. The largest absolute Gasteiger partial charge is 0.301 e. The fourth-order valence-corrected chi connectivity index (χ4v) is 2.81. The van der Waals surface area contributed by atoms with Crippen LogP contribution in [0.3, 0.4) is 0 Å². The van der Waals surface area contributed by atoms with Gasteiger partial charge in [-0.25, -0.2) is 0 Å². The predicted octanol–water partition coefficient (Wildman–Crippen LogP) is 1.95. The summed E-state index contributed by atoms with van der Waals surface area (Å²) >= 11 is 0. The van der Waals surface area contributed by atoms with E-state index in [0.717, 1.165) is 18.1 Å². The Hall–Kier alpha value is -0.0800. The molecule has 0 radical (unpaired) electrons. The summed E-state index contributed by atoms with van der Waals surface area (Å²) in [5, 5.41) is 0. The minimum atomic E-state index is 0.741. The van der Waals surface area contributed by atoms with Crippen LogP contribution in [0.1, 0.15) is 40.0 Å². The zero-order valence-corrected chi connectivity index (χ0v) is 9.87. The molecule has 1 atom stereocenters. The molecule has 0 saturated carbocycles. The smallest absolute Gasteiger partial charge is 0.0122 e. The van der Waals surface area contributed by atoms with Gasteiger partial charge < -0.3 is 4.90 Å². The van der Waals surface area contributed by atoms with Crippen LogP contribution in [-0.2, 0) is 0 Å². The van der Waals surface area contributed by atoms with E-state index in [2.05, 4.69) is 30.6 Å². The van der Waals surface area contributed by atoms with E-state index in [-0.39, 0.29) is 0 Å². The van der Waals surface area contributed by atoms with Gasteiger partial charge in [-0.2, -0.15) is 0 Å². The molecule has 0 spiro atoms. The Kier molecular flexibility index (Phi) is 3.13. The minimum absolute atomic E-state index is 0.741. The van der Waals surface area contributed by atoms with Crippen LogP contribution in [0.5, 0.6) is 0 Å². The third-order valence-corrected chi connectivity index (χ3v) is 4.07. The van der Waals surface area contributed by atoms with E-state index in [9.17, 15) is 0 Å². The minimum Gasteiger partial charge on any atom is -0.301 e. The molecule has 0 bridgehead atoms.